The van der Waals surface area contributed by atoms with E-state index in [0.717, 1.165) is 24.1 Å². The van der Waals surface area contributed by atoms with Crippen LogP contribution in [0.1, 0.15) is 35.0 Å². The molecule has 1 heterocycles. The van der Waals surface area contributed by atoms with E-state index in [0.29, 0.717) is 12.4 Å². The molecule has 4 nitrogen and oxygen atoms in total. The molecule has 2 rings (SSSR count). The van der Waals surface area contributed by atoms with Gasteiger partial charge in [-0.15, -0.1) is 0 Å². The predicted molar refractivity (Wildman–Crippen MR) is 78.9 cm³/mol. The number of carboxylic acids is 1. The van der Waals surface area contributed by atoms with Crippen molar-refractivity contribution in [1.29, 1.82) is 0 Å². The number of aromatic carboxylic acids is 1. The summed E-state index contributed by atoms with van der Waals surface area (Å²) in [6.07, 6.45) is 1.61. The third-order valence-electron chi connectivity index (χ3n) is 2.99. The fourth-order valence-electron chi connectivity index (χ4n) is 2.03. The maximum absolute atomic E-state index is 13.1. The Bertz CT molecular complexity index is 644. The van der Waals surface area contributed by atoms with Crippen molar-refractivity contribution in [3.8, 4) is 0 Å². The molecule has 110 valence electrons. The van der Waals surface area contributed by atoms with E-state index in [4.69, 9.17) is 5.11 Å². The largest absolute Gasteiger partial charge is 0.478 e. The summed E-state index contributed by atoms with van der Waals surface area (Å²) in [5.41, 5.74) is 1.71. The first-order valence-electron chi connectivity index (χ1n) is 6.81. The summed E-state index contributed by atoms with van der Waals surface area (Å²) in [6.45, 7) is 2.40. The number of carbonyl (C=O) groups is 1. The first-order valence-corrected chi connectivity index (χ1v) is 6.81. The van der Waals surface area contributed by atoms with Crippen LogP contribution in [0.25, 0.3) is 0 Å². The van der Waals surface area contributed by atoms with Crippen molar-refractivity contribution in [3.63, 3.8) is 0 Å². The molecule has 0 aliphatic rings. The summed E-state index contributed by atoms with van der Waals surface area (Å²) in [7, 11) is 0. The molecule has 2 aromatic rings. The van der Waals surface area contributed by atoms with Crippen LogP contribution in [-0.4, -0.2) is 16.1 Å². The second-order valence-corrected chi connectivity index (χ2v) is 4.77. The number of hydrogen-bond acceptors (Lipinski definition) is 3. The van der Waals surface area contributed by atoms with Gasteiger partial charge in [0.05, 0.1) is 5.56 Å². The van der Waals surface area contributed by atoms with Gasteiger partial charge in [-0.3, -0.25) is 0 Å². The minimum Gasteiger partial charge on any atom is -0.478 e. The number of nitrogens with zero attached hydrogens (tertiary/aromatic N) is 1. The molecule has 0 radical (unpaired) electrons. The van der Waals surface area contributed by atoms with Gasteiger partial charge in [-0.25, -0.2) is 14.2 Å². The average molecular weight is 288 g/mol. The molecule has 0 aliphatic heterocycles. The molecule has 0 bridgehead atoms. The summed E-state index contributed by atoms with van der Waals surface area (Å²) in [5.74, 6) is -0.792. The van der Waals surface area contributed by atoms with Gasteiger partial charge in [0, 0.05) is 12.2 Å². The van der Waals surface area contributed by atoms with Gasteiger partial charge in [-0.2, -0.15) is 0 Å². The molecule has 0 amide bonds. The minimum atomic E-state index is -0.983. The Kier molecular flexibility index (Phi) is 4.87. The molecule has 0 aliphatic carbocycles. The van der Waals surface area contributed by atoms with Crippen LogP contribution in [0.15, 0.2) is 36.4 Å². The van der Waals surface area contributed by atoms with Gasteiger partial charge in [0.15, 0.2) is 0 Å². The highest BCUT2D eigenvalue weighted by Gasteiger charge is 2.08. The zero-order valence-electron chi connectivity index (χ0n) is 11.8. The Hall–Kier alpha value is -2.43. The summed E-state index contributed by atoms with van der Waals surface area (Å²) in [5, 5.41) is 12.2. The van der Waals surface area contributed by atoms with E-state index < -0.39 is 5.97 Å². The van der Waals surface area contributed by atoms with E-state index in [2.05, 4.69) is 10.3 Å². The first kappa shape index (κ1) is 15.0. The second kappa shape index (κ2) is 6.83. The third kappa shape index (κ3) is 4.27. The molecule has 0 atom stereocenters. The lowest BCUT2D eigenvalue weighted by Crippen LogP contribution is -2.06. The van der Waals surface area contributed by atoms with Crippen LogP contribution < -0.4 is 5.32 Å². The monoisotopic (exact) mass is 288 g/mol. The fourth-order valence-corrected chi connectivity index (χ4v) is 2.03. The van der Waals surface area contributed by atoms with Crippen LogP contribution in [-0.2, 0) is 13.0 Å². The Morgan fingerprint density at radius 2 is 2.14 bits per heavy atom. The molecule has 0 unspecified atom stereocenters. The number of pyridine rings is 1. The number of nitrogens with one attached hydrogen (secondary N) is 1. The van der Waals surface area contributed by atoms with E-state index in [9.17, 15) is 9.18 Å². The second-order valence-electron chi connectivity index (χ2n) is 4.77. The molecule has 2 N–H and O–H groups in total. The van der Waals surface area contributed by atoms with Gasteiger partial charge in [-0.1, -0.05) is 25.5 Å². The van der Waals surface area contributed by atoms with Crippen LogP contribution in [0.2, 0.25) is 0 Å². The van der Waals surface area contributed by atoms with Crippen LogP contribution in [0.5, 0.6) is 0 Å². The Labute approximate surface area is 122 Å². The van der Waals surface area contributed by atoms with Crippen molar-refractivity contribution in [3.05, 3.63) is 59.0 Å². The summed E-state index contributed by atoms with van der Waals surface area (Å²) in [6, 6.07) is 9.31. The van der Waals surface area contributed by atoms with Gasteiger partial charge in [-0.05, 0) is 36.2 Å². The summed E-state index contributed by atoms with van der Waals surface area (Å²) < 4.78 is 13.1. The zero-order chi connectivity index (χ0) is 15.2. The molecule has 1 aromatic heterocycles. The molecule has 5 heteroatoms. The number of rotatable bonds is 6. The highest BCUT2D eigenvalue weighted by molar-refractivity contribution is 5.88. The number of hydrogen-bond donors (Lipinski definition) is 2. The third-order valence-corrected chi connectivity index (χ3v) is 2.99. The number of carboxylic acid groups (broad SMARTS) is 1. The SMILES string of the molecule is CCCc1cc(C(=O)O)cc(NCc2cccc(F)c2)n1. The quantitative estimate of drug-likeness (QED) is 0.854. The van der Waals surface area contributed by atoms with Gasteiger partial charge in [0.25, 0.3) is 0 Å². The lowest BCUT2D eigenvalue weighted by molar-refractivity contribution is 0.0696. The molecular weight excluding hydrogens is 271 g/mol. The highest BCUT2D eigenvalue weighted by atomic mass is 19.1. The maximum atomic E-state index is 13.1. The van der Waals surface area contributed by atoms with E-state index >= 15 is 0 Å². The zero-order valence-corrected chi connectivity index (χ0v) is 11.8. The van der Waals surface area contributed by atoms with Crippen molar-refractivity contribution in [1.82, 2.24) is 4.98 Å². The number of aryl methyl sites for hydroxylation is 1. The summed E-state index contributed by atoms with van der Waals surface area (Å²) >= 11 is 0. The van der Waals surface area contributed by atoms with Crippen molar-refractivity contribution in [2.24, 2.45) is 0 Å². The normalized spacial score (nSPS) is 10.4. The molecule has 0 spiro atoms. The smallest absolute Gasteiger partial charge is 0.335 e. The molecule has 1 aromatic carbocycles. The number of halogens is 1. The minimum absolute atomic E-state index is 0.204. The standard InChI is InChI=1S/C16H17FN2O2/c1-2-4-14-8-12(16(20)21)9-15(19-14)18-10-11-5-3-6-13(17)7-11/h3,5-9H,2,4,10H2,1H3,(H,18,19)(H,20,21). The lowest BCUT2D eigenvalue weighted by Gasteiger charge is -2.09. The van der Waals surface area contributed by atoms with E-state index in [1.54, 1.807) is 18.2 Å². The number of benzene rings is 1. The van der Waals surface area contributed by atoms with Crippen LogP contribution in [0, 0.1) is 5.82 Å². The predicted octanol–water partition coefficient (Wildman–Crippen LogP) is 3.48. The van der Waals surface area contributed by atoms with Crippen LogP contribution in [0.3, 0.4) is 0 Å². The Morgan fingerprint density at radius 1 is 1.33 bits per heavy atom. The van der Waals surface area contributed by atoms with E-state index in [-0.39, 0.29) is 11.4 Å². The van der Waals surface area contributed by atoms with Crippen LogP contribution >= 0.6 is 0 Å². The van der Waals surface area contributed by atoms with Gasteiger partial charge >= 0.3 is 5.97 Å². The Balaban J connectivity index is 2.16. The Morgan fingerprint density at radius 3 is 2.81 bits per heavy atom. The van der Waals surface area contributed by atoms with Crippen LogP contribution in [0.4, 0.5) is 10.2 Å². The van der Waals surface area contributed by atoms with E-state index in [1.165, 1.54) is 18.2 Å². The van der Waals surface area contributed by atoms with Crippen molar-refractivity contribution >= 4 is 11.8 Å². The van der Waals surface area contributed by atoms with Crippen molar-refractivity contribution < 1.29 is 14.3 Å². The highest BCUT2D eigenvalue weighted by Crippen LogP contribution is 2.14. The molecular formula is C16H17FN2O2. The first-order chi connectivity index (χ1) is 10.1. The van der Waals surface area contributed by atoms with E-state index in [1.807, 2.05) is 6.92 Å². The lowest BCUT2D eigenvalue weighted by atomic mass is 10.1. The summed E-state index contributed by atoms with van der Waals surface area (Å²) in [4.78, 5) is 15.5. The van der Waals surface area contributed by atoms with Gasteiger partial charge in [0.1, 0.15) is 11.6 Å². The maximum Gasteiger partial charge on any atom is 0.335 e. The molecule has 21 heavy (non-hydrogen) atoms. The molecule has 0 saturated heterocycles. The molecule has 0 saturated carbocycles. The topological polar surface area (TPSA) is 62.2 Å². The number of aromatic nitrogens is 1. The number of anilines is 1. The van der Waals surface area contributed by atoms with Crippen molar-refractivity contribution in [2.45, 2.75) is 26.3 Å². The average Bonchev–Trinajstić information content (AvgIpc) is 2.45. The van der Waals surface area contributed by atoms with Crippen molar-refractivity contribution in [2.75, 3.05) is 5.32 Å². The fraction of sp³-hybridized carbons (Fsp3) is 0.250. The van der Waals surface area contributed by atoms with Gasteiger partial charge < -0.3 is 10.4 Å². The van der Waals surface area contributed by atoms with Gasteiger partial charge in [0.2, 0.25) is 0 Å². The molecule has 0 fully saturated rings.